The molecule has 1 N–H and O–H groups in total. The molecule has 1 aromatic carbocycles. The first-order chi connectivity index (χ1) is 13.7. The summed E-state index contributed by atoms with van der Waals surface area (Å²) in [6.07, 6.45) is 4.36. The fraction of sp³-hybridized carbons (Fsp3) is 0.286. The summed E-state index contributed by atoms with van der Waals surface area (Å²) in [5.74, 6) is 1.51. The van der Waals surface area contributed by atoms with Crippen molar-refractivity contribution >= 4 is 11.6 Å². The largest absolute Gasteiger partial charge is 0.495 e. The Balaban J connectivity index is 1.57. The minimum Gasteiger partial charge on any atom is -0.495 e. The number of pyridine rings is 1. The highest BCUT2D eigenvalue weighted by Crippen LogP contribution is 2.27. The van der Waals surface area contributed by atoms with Crippen LogP contribution in [-0.4, -0.2) is 40.8 Å². The molecule has 28 heavy (non-hydrogen) atoms. The van der Waals surface area contributed by atoms with Gasteiger partial charge in [-0.05, 0) is 30.7 Å². The molecule has 0 radical (unpaired) electrons. The van der Waals surface area contributed by atoms with Gasteiger partial charge in [0.15, 0.2) is 0 Å². The average molecular weight is 377 g/mol. The number of anilines is 2. The first-order valence-electron chi connectivity index (χ1n) is 9.28. The summed E-state index contributed by atoms with van der Waals surface area (Å²) in [6, 6.07) is 13.4. The Morgan fingerprint density at radius 1 is 1.18 bits per heavy atom. The van der Waals surface area contributed by atoms with E-state index in [4.69, 9.17) is 9.72 Å². The fourth-order valence-electron chi connectivity index (χ4n) is 3.52. The lowest BCUT2D eigenvalue weighted by molar-refractivity contribution is 0.416. The average Bonchev–Trinajstić information content (AvgIpc) is 3.19. The molecular formula is C21H23N5O2. The molecule has 4 rings (SSSR count). The molecule has 1 saturated heterocycles. The summed E-state index contributed by atoms with van der Waals surface area (Å²) in [5, 5.41) is 3.55. The second-order valence-corrected chi connectivity index (χ2v) is 6.85. The molecule has 7 heteroatoms. The van der Waals surface area contributed by atoms with Gasteiger partial charge in [0, 0.05) is 50.2 Å². The summed E-state index contributed by atoms with van der Waals surface area (Å²) in [4.78, 5) is 23.5. The lowest BCUT2D eigenvalue weighted by Crippen LogP contribution is -2.32. The van der Waals surface area contributed by atoms with Crippen LogP contribution in [0, 0.1) is 0 Å². The summed E-state index contributed by atoms with van der Waals surface area (Å²) in [7, 11) is 3.44. The molecule has 0 spiro atoms. The highest BCUT2D eigenvalue weighted by Gasteiger charge is 2.26. The van der Waals surface area contributed by atoms with Crippen molar-refractivity contribution in [1.29, 1.82) is 0 Å². The third-order valence-corrected chi connectivity index (χ3v) is 5.03. The van der Waals surface area contributed by atoms with E-state index in [-0.39, 0.29) is 11.6 Å². The molecule has 0 aliphatic carbocycles. The van der Waals surface area contributed by atoms with Crippen LogP contribution in [0.15, 0.2) is 59.7 Å². The van der Waals surface area contributed by atoms with Crippen molar-refractivity contribution in [3.63, 3.8) is 0 Å². The maximum atomic E-state index is 12.5. The Labute approximate surface area is 163 Å². The van der Waals surface area contributed by atoms with Crippen molar-refractivity contribution in [3.8, 4) is 17.0 Å². The Bertz CT molecular complexity index is 1020. The van der Waals surface area contributed by atoms with E-state index in [1.165, 1.54) is 0 Å². The molecule has 1 aliphatic heterocycles. The van der Waals surface area contributed by atoms with Crippen molar-refractivity contribution in [2.45, 2.75) is 12.5 Å². The lowest BCUT2D eigenvalue weighted by atomic mass is 10.2. The molecule has 1 aliphatic rings. The zero-order chi connectivity index (χ0) is 19.5. The van der Waals surface area contributed by atoms with Crippen molar-refractivity contribution in [1.82, 2.24) is 14.5 Å². The predicted octanol–water partition coefficient (Wildman–Crippen LogP) is 2.54. The number of nitrogens with one attached hydrogen (secondary N) is 1. The third-order valence-electron chi connectivity index (χ3n) is 5.03. The van der Waals surface area contributed by atoms with Gasteiger partial charge >= 0.3 is 0 Å². The standard InChI is InChI=1S/C21H23N5O2/c1-25-20(27)13-18(15-7-10-22-11-8-15)24-21(25)26-12-9-16(14-26)23-17-5-3-4-6-19(17)28-2/h3-8,10-11,13,16,23H,9,12,14H2,1-2H3. The number of hydrogen-bond donors (Lipinski definition) is 1. The van der Waals surface area contributed by atoms with Crippen molar-refractivity contribution in [2.75, 3.05) is 30.4 Å². The van der Waals surface area contributed by atoms with Crippen LogP contribution in [0.5, 0.6) is 5.75 Å². The molecule has 7 nitrogen and oxygen atoms in total. The van der Waals surface area contributed by atoms with E-state index in [1.54, 1.807) is 37.2 Å². The monoisotopic (exact) mass is 377 g/mol. The first kappa shape index (κ1) is 18.0. The van der Waals surface area contributed by atoms with E-state index in [0.29, 0.717) is 11.6 Å². The van der Waals surface area contributed by atoms with Gasteiger partial charge in [0.1, 0.15) is 5.75 Å². The number of aromatic nitrogens is 3. The molecule has 3 heterocycles. The van der Waals surface area contributed by atoms with Gasteiger partial charge in [-0.15, -0.1) is 0 Å². The zero-order valence-electron chi connectivity index (χ0n) is 16.0. The molecule has 144 valence electrons. The maximum absolute atomic E-state index is 12.5. The molecule has 0 bridgehead atoms. The van der Waals surface area contributed by atoms with E-state index < -0.39 is 0 Å². The molecule has 2 aromatic heterocycles. The zero-order valence-corrected chi connectivity index (χ0v) is 16.0. The van der Waals surface area contributed by atoms with E-state index in [1.807, 2.05) is 36.4 Å². The second kappa shape index (κ2) is 7.72. The number of ether oxygens (including phenoxy) is 1. The summed E-state index contributed by atoms with van der Waals surface area (Å²) in [5.41, 5.74) is 2.46. The van der Waals surface area contributed by atoms with Crippen molar-refractivity contribution in [2.24, 2.45) is 7.05 Å². The van der Waals surface area contributed by atoms with Crippen LogP contribution in [0.4, 0.5) is 11.6 Å². The Hall–Kier alpha value is -3.35. The smallest absolute Gasteiger partial charge is 0.255 e. The predicted molar refractivity (Wildman–Crippen MR) is 110 cm³/mol. The van der Waals surface area contributed by atoms with Crippen molar-refractivity contribution < 1.29 is 4.74 Å². The molecular weight excluding hydrogens is 354 g/mol. The van der Waals surface area contributed by atoms with Crippen LogP contribution in [0.25, 0.3) is 11.3 Å². The minimum absolute atomic E-state index is 0.0713. The normalized spacial score (nSPS) is 16.2. The molecule has 0 amide bonds. The number of benzene rings is 1. The molecule has 1 unspecified atom stereocenters. The van der Waals surface area contributed by atoms with E-state index in [9.17, 15) is 4.79 Å². The number of para-hydroxylation sites is 2. The topological polar surface area (TPSA) is 72.3 Å². The van der Waals surface area contributed by atoms with Crippen LogP contribution >= 0.6 is 0 Å². The van der Waals surface area contributed by atoms with E-state index >= 15 is 0 Å². The second-order valence-electron chi connectivity index (χ2n) is 6.85. The molecule has 1 fully saturated rings. The van der Waals surface area contributed by atoms with Gasteiger partial charge in [-0.2, -0.15) is 0 Å². The highest BCUT2D eigenvalue weighted by atomic mass is 16.5. The Morgan fingerprint density at radius 3 is 2.75 bits per heavy atom. The van der Waals surface area contributed by atoms with Gasteiger partial charge < -0.3 is 15.0 Å². The van der Waals surface area contributed by atoms with Crippen LogP contribution < -0.4 is 20.5 Å². The SMILES string of the molecule is COc1ccccc1NC1CCN(c2nc(-c3ccncc3)cc(=O)n2C)C1. The van der Waals surface area contributed by atoms with Gasteiger partial charge in [-0.3, -0.25) is 14.3 Å². The summed E-state index contributed by atoms with van der Waals surface area (Å²) in [6.45, 7) is 1.59. The quantitative estimate of drug-likeness (QED) is 0.737. The first-order valence-corrected chi connectivity index (χ1v) is 9.28. The van der Waals surface area contributed by atoms with Gasteiger partial charge in [-0.25, -0.2) is 4.98 Å². The fourth-order valence-corrected chi connectivity index (χ4v) is 3.52. The van der Waals surface area contributed by atoms with Gasteiger partial charge in [0.25, 0.3) is 5.56 Å². The van der Waals surface area contributed by atoms with Crippen LogP contribution in [-0.2, 0) is 7.05 Å². The third kappa shape index (κ3) is 3.55. The maximum Gasteiger partial charge on any atom is 0.255 e. The van der Waals surface area contributed by atoms with E-state index in [2.05, 4.69) is 15.2 Å². The number of rotatable bonds is 5. The Kier molecular flexibility index (Phi) is 4.97. The minimum atomic E-state index is -0.0713. The number of hydrogen-bond acceptors (Lipinski definition) is 6. The number of nitrogens with zero attached hydrogens (tertiary/aromatic N) is 4. The van der Waals surface area contributed by atoms with Crippen LogP contribution in [0.2, 0.25) is 0 Å². The molecule has 0 saturated carbocycles. The van der Waals surface area contributed by atoms with Gasteiger partial charge in [0.05, 0.1) is 18.5 Å². The molecule has 1 atom stereocenters. The van der Waals surface area contributed by atoms with Crippen molar-refractivity contribution in [3.05, 3.63) is 65.2 Å². The van der Waals surface area contributed by atoms with Gasteiger partial charge in [-0.1, -0.05) is 12.1 Å². The van der Waals surface area contributed by atoms with Crippen LogP contribution in [0.1, 0.15) is 6.42 Å². The van der Waals surface area contributed by atoms with E-state index in [0.717, 1.165) is 36.5 Å². The Morgan fingerprint density at radius 2 is 1.96 bits per heavy atom. The highest BCUT2D eigenvalue weighted by molar-refractivity contribution is 5.60. The lowest BCUT2D eigenvalue weighted by Gasteiger charge is -2.21. The van der Waals surface area contributed by atoms with Gasteiger partial charge in [0.2, 0.25) is 5.95 Å². The summed E-state index contributed by atoms with van der Waals surface area (Å²) >= 11 is 0. The molecule has 3 aromatic rings. The number of methoxy groups -OCH3 is 1. The van der Waals surface area contributed by atoms with Crippen LogP contribution in [0.3, 0.4) is 0 Å². The summed E-state index contributed by atoms with van der Waals surface area (Å²) < 4.78 is 7.03.